The predicted molar refractivity (Wildman–Crippen MR) is 49.3 cm³/mol. The van der Waals surface area contributed by atoms with Crippen molar-refractivity contribution < 1.29 is 14.3 Å². The van der Waals surface area contributed by atoms with Crippen LogP contribution < -0.4 is 5.32 Å². The fourth-order valence-electron chi connectivity index (χ4n) is 2.29. The highest BCUT2D eigenvalue weighted by Crippen LogP contribution is 2.31. The van der Waals surface area contributed by atoms with Crippen molar-refractivity contribution in [1.82, 2.24) is 5.32 Å². The molecule has 2 heterocycles. The van der Waals surface area contributed by atoms with Crippen molar-refractivity contribution in [1.29, 1.82) is 0 Å². The average molecular weight is 197 g/mol. The largest absolute Gasteiger partial charge is 0.381 e. The minimum absolute atomic E-state index is 0.102. The molecule has 2 fully saturated rings. The summed E-state index contributed by atoms with van der Waals surface area (Å²) >= 11 is 0. The van der Waals surface area contributed by atoms with E-state index in [1.807, 2.05) is 6.92 Å². The molecule has 0 radical (unpaired) electrons. The molecule has 1 N–H and O–H groups in total. The Morgan fingerprint density at radius 1 is 1.50 bits per heavy atom. The lowest BCUT2D eigenvalue weighted by Gasteiger charge is -2.21. The molecule has 0 spiro atoms. The van der Waals surface area contributed by atoms with Crippen LogP contribution in [0.5, 0.6) is 0 Å². The zero-order valence-corrected chi connectivity index (χ0v) is 8.29. The van der Waals surface area contributed by atoms with E-state index in [0.29, 0.717) is 12.3 Å². The van der Waals surface area contributed by atoms with E-state index < -0.39 is 0 Å². The Labute approximate surface area is 83.0 Å². The summed E-state index contributed by atoms with van der Waals surface area (Å²) in [6, 6.07) is 0. The van der Waals surface area contributed by atoms with Gasteiger partial charge < -0.3 is 4.74 Å². The van der Waals surface area contributed by atoms with Crippen LogP contribution in [0, 0.1) is 17.8 Å². The lowest BCUT2D eigenvalue weighted by atomic mass is 9.81. The van der Waals surface area contributed by atoms with Gasteiger partial charge in [0.15, 0.2) is 0 Å². The first-order chi connectivity index (χ1) is 6.68. The van der Waals surface area contributed by atoms with Crippen molar-refractivity contribution in [2.45, 2.75) is 19.8 Å². The van der Waals surface area contributed by atoms with Crippen molar-refractivity contribution in [2.75, 3.05) is 13.2 Å². The second-order valence-electron chi connectivity index (χ2n) is 4.21. The van der Waals surface area contributed by atoms with Crippen LogP contribution in [0.1, 0.15) is 19.8 Å². The van der Waals surface area contributed by atoms with Gasteiger partial charge in [0.2, 0.25) is 11.8 Å². The zero-order valence-electron chi connectivity index (χ0n) is 8.29. The molecule has 14 heavy (non-hydrogen) atoms. The summed E-state index contributed by atoms with van der Waals surface area (Å²) in [5.41, 5.74) is 0. The molecule has 2 aliphatic rings. The van der Waals surface area contributed by atoms with Crippen molar-refractivity contribution >= 4 is 11.8 Å². The third-order valence-corrected chi connectivity index (χ3v) is 3.35. The van der Waals surface area contributed by atoms with Gasteiger partial charge in [-0.2, -0.15) is 0 Å². The van der Waals surface area contributed by atoms with E-state index in [4.69, 9.17) is 4.74 Å². The first-order valence-electron chi connectivity index (χ1n) is 5.10. The van der Waals surface area contributed by atoms with E-state index in [-0.39, 0.29) is 23.7 Å². The summed E-state index contributed by atoms with van der Waals surface area (Å²) < 4.78 is 5.28. The Bertz CT molecular complexity index is 258. The normalized spacial score (nSPS) is 34.6. The third kappa shape index (κ3) is 1.66. The second-order valence-corrected chi connectivity index (χ2v) is 4.21. The fraction of sp³-hybridized carbons (Fsp3) is 0.800. The predicted octanol–water partition coefficient (Wildman–Crippen LogP) is 0.322. The molecule has 0 aromatic carbocycles. The van der Waals surface area contributed by atoms with Gasteiger partial charge in [-0.1, -0.05) is 6.92 Å². The molecule has 0 aromatic rings. The lowest BCUT2D eigenvalue weighted by molar-refractivity contribution is -0.126. The summed E-state index contributed by atoms with van der Waals surface area (Å²) in [6.07, 6.45) is 1.37. The maximum absolute atomic E-state index is 11.4. The van der Waals surface area contributed by atoms with Gasteiger partial charge in [0.25, 0.3) is 0 Å². The molecule has 4 nitrogen and oxygen atoms in total. The maximum atomic E-state index is 11.4. The minimum Gasteiger partial charge on any atom is -0.381 e. The number of imide groups is 1. The minimum atomic E-state index is -0.134. The van der Waals surface area contributed by atoms with Gasteiger partial charge in [-0.3, -0.25) is 14.9 Å². The van der Waals surface area contributed by atoms with Crippen molar-refractivity contribution in [3.63, 3.8) is 0 Å². The van der Waals surface area contributed by atoms with E-state index in [1.54, 1.807) is 0 Å². The van der Waals surface area contributed by atoms with Gasteiger partial charge in [-0.25, -0.2) is 0 Å². The summed E-state index contributed by atoms with van der Waals surface area (Å²) in [5.74, 6) is 0.329. The Kier molecular flexibility index (Phi) is 2.54. The number of hydrogen-bond donors (Lipinski definition) is 1. The highest BCUT2D eigenvalue weighted by molar-refractivity contribution is 6.03. The fourth-order valence-corrected chi connectivity index (χ4v) is 2.29. The van der Waals surface area contributed by atoms with Crippen molar-refractivity contribution in [3.05, 3.63) is 0 Å². The number of amides is 2. The van der Waals surface area contributed by atoms with Gasteiger partial charge >= 0.3 is 0 Å². The molecule has 2 rings (SSSR count). The summed E-state index contributed by atoms with van der Waals surface area (Å²) in [7, 11) is 0. The van der Waals surface area contributed by atoms with Crippen LogP contribution in [0.25, 0.3) is 0 Å². The molecule has 2 amide bonds. The SMILES string of the molecule is CC(C1CCOC1)C1CC(=O)NC1=O. The molecule has 78 valence electrons. The molecule has 2 saturated heterocycles. The van der Waals surface area contributed by atoms with Gasteiger partial charge in [-0.05, 0) is 18.3 Å². The third-order valence-electron chi connectivity index (χ3n) is 3.35. The summed E-state index contributed by atoms with van der Waals surface area (Å²) in [4.78, 5) is 22.4. The van der Waals surface area contributed by atoms with Gasteiger partial charge in [-0.15, -0.1) is 0 Å². The quantitative estimate of drug-likeness (QED) is 0.649. The van der Waals surface area contributed by atoms with Crippen molar-refractivity contribution in [2.24, 2.45) is 17.8 Å². The number of rotatable bonds is 2. The Morgan fingerprint density at radius 3 is 2.79 bits per heavy atom. The Morgan fingerprint density at radius 2 is 2.29 bits per heavy atom. The molecule has 3 unspecified atom stereocenters. The van der Waals surface area contributed by atoms with Gasteiger partial charge in [0.1, 0.15) is 0 Å². The maximum Gasteiger partial charge on any atom is 0.230 e. The van der Waals surface area contributed by atoms with E-state index in [9.17, 15) is 9.59 Å². The highest BCUT2D eigenvalue weighted by Gasteiger charge is 2.38. The summed E-state index contributed by atoms with van der Waals surface area (Å²) in [6.45, 7) is 3.57. The van der Waals surface area contributed by atoms with Crippen LogP contribution >= 0.6 is 0 Å². The monoisotopic (exact) mass is 197 g/mol. The Hall–Kier alpha value is -0.900. The van der Waals surface area contributed by atoms with E-state index in [0.717, 1.165) is 19.6 Å². The van der Waals surface area contributed by atoms with Crippen LogP contribution in [-0.4, -0.2) is 25.0 Å². The molecule has 0 bridgehead atoms. The van der Waals surface area contributed by atoms with E-state index in [2.05, 4.69) is 5.32 Å². The second kappa shape index (κ2) is 3.69. The number of carbonyl (C=O) groups is 2. The molecule has 2 aliphatic heterocycles. The molecule has 0 aromatic heterocycles. The Balaban J connectivity index is 1.99. The van der Waals surface area contributed by atoms with E-state index in [1.165, 1.54) is 0 Å². The molecule has 0 aliphatic carbocycles. The van der Waals surface area contributed by atoms with Crippen LogP contribution in [-0.2, 0) is 14.3 Å². The van der Waals surface area contributed by atoms with Crippen LogP contribution in [0.4, 0.5) is 0 Å². The average Bonchev–Trinajstić information content (AvgIpc) is 2.73. The van der Waals surface area contributed by atoms with Crippen LogP contribution in [0.15, 0.2) is 0 Å². The van der Waals surface area contributed by atoms with Crippen LogP contribution in [0.3, 0.4) is 0 Å². The number of hydrogen-bond acceptors (Lipinski definition) is 3. The number of ether oxygens (including phenoxy) is 1. The lowest BCUT2D eigenvalue weighted by Crippen LogP contribution is -2.28. The standard InChI is InChI=1S/C10H15NO3/c1-6(7-2-3-14-5-7)8-4-9(12)11-10(8)13/h6-8H,2-5H2,1H3,(H,11,12,13). The topological polar surface area (TPSA) is 55.4 Å². The first-order valence-corrected chi connectivity index (χ1v) is 5.10. The molecule has 0 saturated carbocycles. The summed E-state index contributed by atoms with van der Waals surface area (Å²) in [5, 5.41) is 2.35. The molecule has 4 heteroatoms. The first kappa shape index (κ1) is 9.65. The molecular weight excluding hydrogens is 182 g/mol. The molecule has 3 atom stereocenters. The number of nitrogens with one attached hydrogen (secondary N) is 1. The number of carbonyl (C=O) groups excluding carboxylic acids is 2. The van der Waals surface area contributed by atoms with Gasteiger partial charge in [0, 0.05) is 19.6 Å². The highest BCUT2D eigenvalue weighted by atomic mass is 16.5. The molecular formula is C10H15NO3. The van der Waals surface area contributed by atoms with Crippen LogP contribution in [0.2, 0.25) is 0 Å². The van der Waals surface area contributed by atoms with E-state index >= 15 is 0 Å². The zero-order chi connectivity index (χ0) is 10.1. The smallest absolute Gasteiger partial charge is 0.230 e. The van der Waals surface area contributed by atoms with Crippen molar-refractivity contribution in [3.8, 4) is 0 Å². The van der Waals surface area contributed by atoms with Gasteiger partial charge in [0.05, 0.1) is 5.92 Å².